The molecule has 3 heteroatoms. The molecule has 0 bridgehead atoms. The van der Waals surface area contributed by atoms with Crippen LogP contribution in [0.4, 0.5) is 5.82 Å². The molecule has 0 aliphatic carbocycles. The molecule has 0 spiro atoms. The Bertz CT molecular complexity index is 569. The van der Waals surface area contributed by atoms with Crippen LogP contribution in [-0.4, -0.2) is 12.1 Å². The summed E-state index contributed by atoms with van der Waals surface area (Å²) in [5, 5.41) is 3.58. The van der Waals surface area contributed by atoms with E-state index >= 15 is 0 Å². The number of pyridine rings is 1. The summed E-state index contributed by atoms with van der Waals surface area (Å²) in [6.07, 6.45) is 5.28. The molecule has 1 atom stereocenters. The maximum absolute atomic E-state index is 5.34. The number of anilines is 1. The van der Waals surface area contributed by atoms with Gasteiger partial charge in [-0.25, -0.2) is 4.98 Å². The number of hydrogen-bond acceptors (Lipinski definition) is 3. The topological polar surface area (TPSA) is 34.2 Å². The predicted molar refractivity (Wildman–Crippen MR) is 87.9 cm³/mol. The van der Waals surface area contributed by atoms with Crippen LogP contribution in [0.3, 0.4) is 0 Å². The van der Waals surface area contributed by atoms with Crippen LogP contribution in [0.2, 0.25) is 0 Å². The average Bonchev–Trinajstić information content (AvgIpc) is 2.53. The number of ether oxygens (including phenoxy) is 1. The highest BCUT2D eigenvalue weighted by Crippen LogP contribution is 2.27. The molecule has 0 fully saturated rings. The van der Waals surface area contributed by atoms with Crippen molar-refractivity contribution in [2.24, 2.45) is 0 Å². The van der Waals surface area contributed by atoms with E-state index < -0.39 is 0 Å². The summed E-state index contributed by atoms with van der Waals surface area (Å²) in [5.41, 5.74) is 2.41. The van der Waals surface area contributed by atoms with Crippen molar-refractivity contribution in [3.63, 3.8) is 0 Å². The molecule has 0 aliphatic rings. The monoisotopic (exact) mass is 284 g/mol. The quantitative estimate of drug-likeness (QED) is 0.797. The molecule has 1 aromatic carbocycles. The van der Waals surface area contributed by atoms with Gasteiger partial charge in [0, 0.05) is 6.20 Å². The highest BCUT2D eigenvalue weighted by atomic mass is 16.5. The van der Waals surface area contributed by atoms with Crippen LogP contribution in [0, 0.1) is 6.92 Å². The minimum Gasteiger partial charge on any atom is -0.497 e. The predicted octanol–water partition coefficient (Wildman–Crippen LogP) is 4.74. The summed E-state index contributed by atoms with van der Waals surface area (Å²) in [6, 6.07) is 12.6. The van der Waals surface area contributed by atoms with E-state index in [4.69, 9.17) is 4.74 Å². The fourth-order valence-electron chi connectivity index (χ4n) is 2.39. The smallest absolute Gasteiger partial charge is 0.129 e. The Labute approximate surface area is 127 Å². The Morgan fingerprint density at radius 1 is 1.24 bits per heavy atom. The minimum atomic E-state index is 0.258. The molecule has 112 valence electrons. The number of rotatable bonds is 7. The van der Waals surface area contributed by atoms with E-state index in [-0.39, 0.29) is 6.04 Å². The third-order valence-electron chi connectivity index (χ3n) is 3.66. The van der Waals surface area contributed by atoms with E-state index in [9.17, 15) is 0 Å². The fourth-order valence-corrected chi connectivity index (χ4v) is 2.39. The Morgan fingerprint density at radius 2 is 2.10 bits per heavy atom. The third kappa shape index (κ3) is 4.22. The average molecular weight is 284 g/mol. The molecular weight excluding hydrogens is 260 g/mol. The van der Waals surface area contributed by atoms with Crippen LogP contribution in [0.5, 0.6) is 5.75 Å². The number of hydrogen-bond donors (Lipinski definition) is 1. The van der Waals surface area contributed by atoms with Crippen molar-refractivity contribution in [3.05, 3.63) is 53.7 Å². The summed E-state index contributed by atoms with van der Waals surface area (Å²) in [7, 11) is 1.70. The van der Waals surface area contributed by atoms with Crippen molar-refractivity contribution in [1.29, 1.82) is 0 Å². The lowest BCUT2D eigenvalue weighted by Gasteiger charge is -2.21. The van der Waals surface area contributed by atoms with Gasteiger partial charge in [-0.3, -0.25) is 0 Å². The summed E-state index contributed by atoms with van der Waals surface area (Å²) in [4.78, 5) is 4.45. The largest absolute Gasteiger partial charge is 0.497 e. The van der Waals surface area contributed by atoms with Gasteiger partial charge in [-0.2, -0.15) is 0 Å². The number of nitrogens with one attached hydrogen (secondary N) is 1. The number of aromatic nitrogens is 1. The first-order valence-corrected chi connectivity index (χ1v) is 7.56. The highest BCUT2D eigenvalue weighted by molar-refractivity contribution is 5.45. The van der Waals surface area contributed by atoms with E-state index in [0.29, 0.717) is 0 Å². The van der Waals surface area contributed by atoms with Gasteiger partial charge in [0.05, 0.1) is 13.2 Å². The van der Waals surface area contributed by atoms with Crippen LogP contribution in [0.15, 0.2) is 42.6 Å². The molecule has 0 aliphatic heterocycles. The Balaban J connectivity index is 2.23. The first kappa shape index (κ1) is 15.4. The molecule has 0 saturated carbocycles. The SMILES string of the molecule is CCCCC(Nc1ncccc1C)c1cccc(OC)c1. The molecule has 2 aromatic rings. The van der Waals surface area contributed by atoms with Crippen molar-refractivity contribution < 1.29 is 4.74 Å². The van der Waals surface area contributed by atoms with Crippen molar-refractivity contribution in [2.75, 3.05) is 12.4 Å². The van der Waals surface area contributed by atoms with Gasteiger partial charge in [-0.1, -0.05) is 38.0 Å². The second-order valence-corrected chi connectivity index (χ2v) is 5.28. The number of unbranched alkanes of at least 4 members (excludes halogenated alkanes) is 1. The second kappa shape index (κ2) is 7.67. The molecule has 0 saturated heterocycles. The molecule has 1 unspecified atom stereocenters. The standard InChI is InChI=1S/C18H24N2O/c1-4-5-11-17(15-9-6-10-16(13-15)21-3)20-18-14(2)8-7-12-19-18/h6-10,12-13,17H,4-5,11H2,1-3H3,(H,19,20). The van der Waals surface area contributed by atoms with Crippen LogP contribution < -0.4 is 10.1 Å². The molecule has 1 N–H and O–H groups in total. The van der Waals surface area contributed by atoms with Gasteiger partial charge in [0.25, 0.3) is 0 Å². The van der Waals surface area contributed by atoms with Crippen molar-refractivity contribution in [3.8, 4) is 5.75 Å². The van der Waals surface area contributed by atoms with E-state index in [2.05, 4.69) is 42.3 Å². The van der Waals surface area contributed by atoms with Crippen molar-refractivity contribution in [2.45, 2.75) is 39.2 Å². The van der Waals surface area contributed by atoms with E-state index in [1.54, 1.807) is 7.11 Å². The zero-order valence-corrected chi connectivity index (χ0v) is 13.1. The minimum absolute atomic E-state index is 0.258. The molecule has 2 rings (SSSR count). The Kier molecular flexibility index (Phi) is 5.61. The summed E-state index contributed by atoms with van der Waals surface area (Å²) >= 11 is 0. The molecular formula is C18H24N2O. The van der Waals surface area contributed by atoms with Gasteiger partial charge in [0.15, 0.2) is 0 Å². The number of methoxy groups -OCH3 is 1. The molecule has 1 heterocycles. The fraction of sp³-hybridized carbons (Fsp3) is 0.389. The highest BCUT2D eigenvalue weighted by Gasteiger charge is 2.13. The van der Waals surface area contributed by atoms with Gasteiger partial charge in [-0.05, 0) is 42.7 Å². The molecule has 21 heavy (non-hydrogen) atoms. The van der Waals surface area contributed by atoms with Crippen molar-refractivity contribution >= 4 is 5.82 Å². The number of benzene rings is 1. The second-order valence-electron chi connectivity index (χ2n) is 5.28. The zero-order chi connectivity index (χ0) is 15.1. The Morgan fingerprint density at radius 3 is 2.81 bits per heavy atom. The lowest BCUT2D eigenvalue weighted by Crippen LogP contribution is -2.12. The van der Waals surface area contributed by atoms with Crippen LogP contribution in [0.25, 0.3) is 0 Å². The van der Waals surface area contributed by atoms with Gasteiger partial charge in [0.2, 0.25) is 0 Å². The first-order valence-electron chi connectivity index (χ1n) is 7.56. The summed E-state index contributed by atoms with van der Waals surface area (Å²) in [5.74, 6) is 1.86. The Hall–Kier alpha value is -2.03. The molecule has 0 amide bonds. The molecule has 3 nitrogen and oxygen atoms in total. The summed E-state index contributed by atoms with van der Waals surface area (Å²) < 4.78 is 5.34. The molecule has 0 radical (unpaired) electrons. The van der Waals surface area contributed by atoms with Gasteiger partial charge in [-0.15, -0.1) is 0 Å². The third-order valence-corrected chi connectivity index (χ3v) is 3.66. The maximum atomic E-state index is 5.34. The van der Waals surface area contributed by atoms with Gasteiger partial charge >= 0.3 is 0 Å². The zero-order valence-electron chi connectivity index (χ0n) is 13.1. The lowest BCUT2D eigenvalue weighted by atomic mass is 10.0. The van der Waals surface area contributed by atoms with Gasteiger partial charge in [0.1, 0.15) is 11.6 Å². The van der Waals surface area contributed by atoms with Crippen LogP contribution in [-0.2, 0) is 0 Å². The van der Waals surface area contributed by atoms with E-state index in [0.717, 1.165) is 18.0 Å². The van der Waals surface area contributed by atoms with Crippen LogP contribution >= 0.6 is 0 Å². The number of aryl methyl sites for hydroxylation is 1. The summed E-state index contributed by atoms with van der Waals surface area (Å²) in [6.45, 7) is 4.30. The number of nitrogens with zero attached hydrogens (tertiary/aromatic N) is 1. The van der Waals surface area contributed by atoms with E-state index in [1.807, 2.05) is 24.4 Å². The van der Waals surface area contributed by atoms with Crippen molar-refractivity contribution in [1.82, 2.24) is 4.98 Å². The molecule has 1 aromatic heterocycles. The maximum Gasteiger partial charge on any atom is 0.129 e. The van der Waals surface area contributed by atoms with E-state index in [1.165, 1.54) is 24.0 Å². The first-order chi connectivity index (χ1) is 10.2. The lowest BCUT2D eigenvalue weighted by molar-refractivity contribution is 0.413. The van der Waals surface area contributed by atoms with Gasteiger partial charge < -0.3 is 10.1 Å². The normalized spacial score (nSPS) is 12.0. The van der Waals surface area contributed by atoms with Crippen LogP contribution in [0.1, 0.15) is 43.4 Å².